The molecule has 0 fully saturated rings. The van der Waals surface area contributed by atoms with Gasteiger partial charge in [-0.3, -0.25) is 4.79 Å². The lowest BCUT2D eigenvalue weighted by atomic mass is 10.1. The molecule has 0 bridgehead atoms. The van der Waals surface area contributed by atoms with Gasteiger partial charge in [0.1, 0.15) is 12.6 Å². The van der Waals surface area contributed by atoms with Crippen LogP contribution in [0.2, 0.25) is 0 Å². The number of rotatable bonds is 2. The van der Waals surface area contributed by atoms with Gasteiger partial charge in [0.05, 0.1) is 5.69 Å². The Labute approximate surface area is 87.8 Å². The molecule has 15 heavy (non-hydrogen) atoms. The van der Waals surface area contributed by atoms with E-state index >= 15 is 0 Å². The van der Waals surface area contributed by atoms with Crippen molar-refractivity contribution in [1.82, 2.24) is 9.97 Å². The zero-order valence-electron chi connectivity index (χ0n) is 8.34. The van der Waals surface area contributed by atoms with Crippen molar-refractivity contribution in [3.05, 3.63) is 47.9 Å². The van der Waals surface area contributed by atoms with Gasteiger partial charge in [-0.15, -0.1) is 0 Å². The maximum Gasteiger partial charge on any atom is 0.150 e. The van der Waals surface area contributed by atoms with Crippen molar-refractivity contribution in [2.75, 3.05) is 0 Å². The highest BCUT2D eigenvalue weighted by molar-refractivity contribution is 5.76. The second-order valence-corrected chi connectivity index (χ2v) is 3.28. The first kappa shape index (κ1) is 9.52. The van der Waals surface area contributed by atoms with Crippen LogP contribution in [0.3, 0.4) is 0 Å². The van der Waals surface area contributed by atoms with Gasteiger partial charge in [0.25, 0.3) is 0 Å². The van der Waals surface area contributed by atoms with Crippen LogP contribution in [0.1, 0.15) is 16.1 Å². The van der Waals surface area contributed by atoms with Crippen LogP contribution >= 0.6 is 0 Å². The number of nitrogens with zero attached hydrogens (tertiary/aromatic N) is 2. The third-order valence-electron chi connectivity index (χ3n) is 2.15. The van der Waals surface area contributed by atoms with Crippen LogP contribution in [0.5, 0.6) is 0 Å². The van der Waals surface area contributed by atoms with E-state index in [-0.39, 0.29) is 0 Å². The van der Waals surface area contributed by atoms with E-state index in [0.717, 1.165) is 23.2 Å². The SMILES string of the molecule is Cc1cc(-c2ccc(C=O)cc2)ncn1. The molecule has 0 aliphatic carbocycles. The molecule has 0 aliphatic heterocycles. The molecule has 0 saturated carbocycles. The third kappa shape index (κ3) is 2.07. The number of aryl methyl sites for hydroxylation is 1. The Balaban J connectivity index is 2.41. The largest absolute Gasteiger partial charge is 0.298 e. The smallest absolute Gasteiger partial charge is 0.150 e. The first-order valence-corrected chi connectivity index (χ1v) is 4.64. The van der Waals surface area contributed by atoms with Gasteiger partial charge in [0, 0.05) is 16.8 Å². The summed E-state index contributed by atoms with van der Waals surface area (Å²) in [6.45, 7) is 1.92. The van der Waals surface area contributed by atoms with E-state index < -0.39 is 0 Å². The predicted molar refractivity (Wildman–Crippen MR) is 57.6 cm³/mol. The first-order valence-electron chi connectivity index (χ1n) is 4.64. The van der Waals surface area contributed by atoms with Crippen molar-refractivity contribution in [3.63, 3.8) is 0 Å². The second-order valence-electron chi connectivity index (χ2n) is 3.28. The number of aldehydes is 1. The molecule has 2 aromatic rings. The zero-order valence-corrected chi connectivity index (χ0v) is 8.34. The molecule has 1 heterocycles. The monoisotopic (exact) mass is 198 g/mol. The van der Waals surface area contributed by atoms with Gasteiger partial charge in [0.15, 0.2) is 0 Å². The van der Waals surface area contributed by atoms with E-state index in [0.29, 0.717) is 5.56 Å². The van der Waals surface area contributed by atoms with Gasteiger partial charge in [-0.25, -0.2) is 9.97 Å². The van der Waals surface area contributed by atoms with Gasteiger partial charge in [-0.05, 0) is 13.0 Å². The van der Waals surface area contributed by atoms with Gasteiger partial charge in [-0.2, -0.15) is 0 Å². The summed E-state index contributed by atoms with van der Waals surface area (Å²) in [6.07, 6.45) is 2.37. The number of benzene rings is 1. The minimum Gasteiger partial charge on any atom is -0.298 e. The van der Waals surface area contributed by atoms with Crippen LogP contribution in [0.15, 0.2) is 36.7 Å². The van der Waals surface area contributed by atoms with Crippen molar-refractivity contribution < 1.29 is 4.79 Å². The molecular weight excluding hydrogens is 188 g/mol. The van der Waals surface area contributed by atoms with E-state index in [1.54, 1.807) is 12.1 Å². The molecule has 0 aliphatic rings. The Morgan fingerprint density at radius 2 is 1.87 bits per heavy atom. The lowest BCUT2D eigenvalue weighted by Crippen LogP contribution is -1.88. The summed E-state index contributed by atoms with van der Waals surface area (Å²) in [5.41, 5.74) is 3.47. The quantitative estimate of drug-likeness (QED) is 0.695. The van der Waals surface area contributed by atoms with Crippen molar-refractivity contribution >= 4 is 6.29 Å². The normalized spacial score (nSPS) is 9.93. The summed E-state index contributed by atoms with van der Waals surface area (Å²) in [5.74, 6) is 0. The summed E-state index contributed by atoms with van der Waals surface area (Å²) in [5, 5.41) is 0. The fraction of sp³-hybridized carbons (Fsp3) is 0.0833. The number of hydrogen-bond donors (Lipinski definition) is 0. The molecule has 1 aromatic carbocycles. The molecule has 0 unspecified atom stereocenters. The summed E-state index contributed by atoms with van der Waals surface area (Å²) < 4.78 is 0. The third-order valence-corrected chi connectivity index (χ3v) is 2.15. The predicted octanol–water partition coefficient (Wildman–Crippen LogP) is 2.26. The van der Waals surface area contributed by atoms with Crippen molar-refractivity contribution in [2.45, 2.75) is 6.92 Å². The molecule has 0 amide bonds. The molecule has 1 aromatic heterocycles. The van der Waals surface area contributed by atoms with E-state index in [2.05, 4.69) is 9.97 Å². The van der Waals surface area contributed by atoms with Crippen LogP contribution in [0.25, 0.3) is 11.3 Å². The van der Waals surface area contributed by atoms with E-state index in [1.807, 2.05) is 25.1 Å². The zero-order chi connectivity index (χ0) is 10.7. The van der Waals surface area contributed by atoms with Gasteiger partial charge >= 0.3 is 0 Å². The standard InChI is InChI=1S/C12H10N2O/c1-9-6-12(14-8-13-9)11-4-2-10(7-15)3-5-11/h2-8H,1H3. The topological polar surface area (TPSA) is 42.9 Å². The molecule has 0 saturated heterocycles. The van der Waals surface area contributed by atoms with Gasteiger partial charge in [0.2, 0.25) is 0 Å². The molecule has 0 atom stereocenters. The van der Waals surface area contributed by atoms with Crippen LogP contribution in [-0.2, 0) is 0 Å². The molecule has 2 rings (SSSR count). The van der Waals surface area contributed by atoms with E-state index in [9.17, 15) is 4.79 Å². The minimum absolute atomic E-state index is 0.671. The highest BCUT2D eigenvalue weighted by atomic mass is 16.1. The Morgan fingerprint density at radius 3 is 2.47 bits per heavy atom. The maximum atomic E-state index is 10.5. The van der Waals surface area contributed by atoms with Crippen molar-refractivity contribution in [2.24, 2.45) is 0 Å². The Morgan fingerprint density at radius 1 is 1.13 bits per heavy atom. The molecule has 3 heteroatoms. The lowest BCUT2D eigenvalue weighted by molar-refractivity contribution is 0.112. The highest BCUT2D eigenvalue weighted by Crippen LogP contribution is 2.16. The van der Waals surface area contributed by atoms with E-state index in [1.165, 1.54) is 6.33 Å². The van der Waals surface area contributed by atoms with Crippen molar-refractivity contribution in [1.29, 1.82) is 0 Å². The number of carbonyl (C=O) groups excluding carboxylic acids is 1. The van der Waals surface area contributed by atoms with Gasteiger partial charge < -0.3 is 0 Å². The molecule has 0 N–H and O–H groups in total. The summed E-state index contributed by atoms with van der Waals surface area (Å²) >= 11 is 0. The number of aromatic nitrogens is 2. The maximum absolute atomic E-state index is 10.5. The first-order chi connectivity index (χ1) is 7.29. The highest BCUT2D eigenvalue weighted by Gasteiger charge is 1.99. The van der Waals surface area contributed by atoms with Crippen LogP contribution in [0.4, 0.5) is 0 Å². The number of hydrogen-bond acceptors (Lipinski definition) is 3. The van der Waals surface area contributed by atoms with Gasteiger partial charge in [-0.1, -0.05) is 24.3 Å². The fourth-order valence-electron chi connectivity index (χ4n) is 1.34. The average molecular weight is 198 g/mol. The summed E-state index contributed by atoms with van der Waals surface area (Å²) in [4.78, 5) is 18.7. The lowest BCUT2D eigenvalue weighted by Gasteiger charge is -2.01. The van der Waals surface area contributed by atoms with Crippen LogP contribution in [-0.4, -0.2) is 16.3 Å². The summed E-state index contributed by atoms with van der Waals surface area (Å²) in [6, 6.07) is 9.23. The Bertz CT molecular complexity index is 477. The van der Waals surface area contributed by atoms with Crippen LogP contribution < -0.4 is 0 Å². The summed E-state index contributed by atoms with van der Waals surface area (Å²) in [7, 11) is 0. The molecule has 0 radical (unpaired) electrons. The molecule has 74 valence electrons. The minimum atomic E-state index is 0.671. The van der Waals surface area contributed by atoms with E-state index in [4.69, 9.17) is 0 Å². The molecular formula is C12H10N2O. The Hall–Kier alpha value is -2.03. The second kappa shape index (κ2) is 4.00. The number of carbonyl (C=O) groups is 1. The average Bonchev–Trinajstić information content (AvgIpc) is 2.29. The van der Waals surface area contributed by atoms with Crippen LogP contribution in [0, 0.1) is 6.92 Å². The fourth-order valence-corrected chi connectivity index (χ4v) is 1.34. The molecule has 0 spiro atoms. The Kier molecular flexibility index (Phi) is 2.54. The van der Waals surface area contributed by atoms with Crippen molar-refractivity contribution in [3.8, 4) is 11.3 Å². The molecule has 3 nitrogen and oxygen atoms in total.